The van der Waals surface area contributed by atoms with Gasteiger partial charge in [-0.05, 0) is 0 Å². The average Bonchev–Trinajstić information content (AvgIpc) is 1.63. The second-order valence-electron chi connectivity index (χ2n) is 1.35. The average molecular weight is 135 g/mol. The van der Waals surface area contributed by atoms with E-state index >= 15 is 0 Å². The first kappa shape index (κ1) is 8.02. The largest absolute Gasteiger partial charge is 0.392 e. The molecule has 50 valence electrons. The molecule has 0 radical (unpaired) electrons. The molecule has 9 heavy (non-hydrogen) atoms. The smallest absolute Gasteiger partial charge is 0.193 e. The van der Waals surface area contributed by atoms with Gasteiger partial charge in [-0.15, -0.1) is 0 Å². The molecule has 0 N–H and O–H groups in total. The van der Waals surface area contributed by atoms with Crippen LogP contribution in [0.1, 0.15) is 6.42 Å². The molecule has 0 aliphatic heterocycles. The zero-order valence-electron chi connectivity index (χ0n) is 4.44. The van der Waals surface area contributed by atoms with Crippen LogP contribution in [0, 0.1) is 11.3 Å². The van der Waals surface area contributed by atoms with E-state index in [4.69, 9.17) is 5.26 Å². The first-order chi connectivity index (χ1) is 4.06. The fourth-order valence-corrected chi connectivity index (χ4v) is 0.245. The molecule has 0 aliphatic rings. The first-order valence-electron chi connectivity index (χ1n) is 2.17. The van der Waals surface area contributed by atoms with Crippen LogP contribution in [-0.4, -0.2) is 6.18 Å². The van der Waals surface area contributed by atoms with Crippen LogP contribution in [0.15, 0.2) is 12.2 Å². The molecule has 4 heteroatoms. The molecule has 0 aromatic rings. The SMILES string of the molecule is N#C/C=C/CC(F)(F)F. The van der Waals surface area contributed by atoms with Gasteiger partial charge in [0, 0.05) is 6.08 Å². The van der Waals surface area contributed by atoms with Gasteiger partial charge in [-0.2, -0.15) is 18.4 Å². The molecular formula is C5H4F3N. The number of alkyl halides is 3. The number of allylic oxidation sites excluding steroid dienone is 2. The zero-order valence-corrected chi connectivity index (χ0v) is 4.44. The van der Waals surface area contributed by atoms with Crippen LogP contribution >= 0.6 is 0 Å². The molecule has 0 heterocycles. The van der Waals surface area contributed by atoms with Gasteiger partial charge in [0.1, 0.15) is 0 Å². The third-order valence-corrected chi connectivity index (χ3v) is 0.542. The Balaban J connectivity index is 3.54. The number of nitriles is 1. The van der Waals surface area contributed by atoms with E-state index in [9.17, 15) is 13.2 Å². The Morgan fingerprint density at radius 3 is 2.33 bits per heavy atom. The van der Waals surface area contributed by atoms with E-state index in [-0.39, 0.29) is 0 Å². The van der Waals surface area contributed by atoms with E-state index in [0.29, 0.717) is 0 Å². The minimum atomic E-state index is -4.19. The zero-order chi connectivity index (χ0) is 7.33. The van der Waals surface area contributed by atoms with Gasteiger partial charge in [0.15, 0.2) is 0 Å². The van der Waals surface area contributed by atoms with E-state index in [1.165, 1.54) is 6.07 Å². The second kappa shape index (κ2) is 3.13. The summed E-state index contributed by atoms with van der Waals surface area (Å²) in [5, 5.41) is 7.76. The molecule has 1 nitrogen and oxygen atoms in total. The molecule has 0 atom stereocenters. The van der Waals surface area contributed by atoms with Crippen molar-refractivity contribution in [2.24, 2.45) is 0 Å². The van der Waals surface area contributed by atoms with Crippen molar-refractivity contribution in [3.8, 4) is 6.07 Å². The molecule has 0 aliphatic carbocycles. The first-order valence-corrected chi connectivity index (χ1v) is 2.17. The maximum Gasteiger partial charge on any atom is 0.392 e. The molecule has 0 aromatic carbocycles. The molecule has 0 amide bonds. The third kappa shape index (κ3) is 7.02. The highest BCUT2D eigenvalue weighted by Gasteiger charge is 2.24. The van der Waals surface area contributed by atoms with Crippen LogP contribution in [0.5, 0.6) is 0 Å². The minimum absolute atomic E-state index is 0.778. The normalized spacial score (nSPS) is 11.8. The number of nitrogens with zero attached hydrogens (tertiary/aromatic N) is 1. The highest BCUT2D eigenvalue weighted by molar-refractivity contribution is 5.01. The van der Waals surface area contributed by atoms with Gasteiger partial charge in [0.2, 0.25) is 0 Å². The number of halogens is 3. The summed E-state index contributed by atoms with van der Waals surface area (Å²) in [7, 11) is 0. The number of rotatable bonds is 1. The fraction of sp³-hybridized carbons (Fsp3) is 0.400. The third-order valence-electron chi connectivity index (χ3n) is 0.542. The Labute approximate surface area is 50.4 Å². The summed E-state index contributed by atoms with van der Waals surface area (Å²) < 4.78 is 33.7. The lowest BCUT2D eigenvalue weighted by Crippen LogP contribution is -2.03. The molecular weight excluding hydrogens is 131 g/mol. The van der Waals surface area contributed by atoms with Crippen molar-refractivity contribution in [3.63, 3.8) is 0 Å². The van der Waals surface area contributed by atoms with Crippen molar-refractivity contribution in [2.75, 3.05) is 0 Å². The lowest BCUT2D eigenvalue weighted by Gasteiger charge is -1.98. The van der Waals surface area contributed by atoms with Crippen LogP contribution in [0.4, 0.5) is 13.2 Å². The van der Waals surface area contributed by atoms with Gasteiger partial charge in [-0.3, -0.25) is 0 Å². The highest BCUT2D eigenvalue weighted by Crippen LogP contribution is 2.19. The molecule has 0 saturated carbocycles. The molecule has 0 bridgehead atoms. The van der Waals surface area contributed by atoms with Gasteiger partial charge < -0.3 is 0 Å². The van der Waals surface area contributed by atoms with Crippen LogP contribution in [0.3, 0.4) is 0 Å². The van der Waals surface area contributed by atoms with E-state index in [1.807, 2.05) is 0 Å². The van der Waals surface area contributed by atoms with Crippen molar-refractivity contribution in [1.29, 1.82) is 5.26 Å². The molecule has 0 saturated heterocycles. The fourth-order valence-electron chi connectivity index (χ4n) is 0.245. The standard InChI is InChI=1S/C5H4F3N/c6-5(7,8)3-1-2-4-9/h1-2H,3H2/b2-1+. The van der Waals surface area contributed by atoms with E-state index in [1.54, 1.807) is 0 Å². The summed E-state index contributed by atoms with van der Waals surface area (Å²) in [5.41, 5.74) is 0. The Morgan fingerprint density at radius 1 is 1.44 bits per heavy atom. The maximum absolute atomic E-state index is 11.2. The van der Waals surface area contributed by atoms with Gasteiger partial charge in [-0.25, -0.2) is 0 Å². The van der Waals surface area contributed by atoms with Crippen molar-refractivity contribution in [3.05, 3.63) is 12.2 Å². The molecule has 0 unspecified atom stereocenters. The van der Waals surface area contributed by atoms with Gasteiger partial charge >= 0.3 is 6.18 Å². The molecule has 0 aromatic heterocycles. The van der Waals surface area contributed by atoms with Crippen molar-refractivity contribution in [2.45, 2.75) is 12.6 Å². The lowest BCUT2D eigenvalue weighted by atomic mass is 10.4. The second-order valence-corrected chi connectivity index (χ2v) is 1.35. The Kier molecular flexibility index (Phi) is 2.79. The summed E-state index contributed by atoms with van der Waals surface area (Å²) in [6.45, 7) is 0. The van der Waals surface area contributed by atoms with Gasteiger partial charge in [-0.1, -0.05) is 6.08 Å². The van der Waals surface area contributed by atoms with Crippen molar-refractivity contribution < 1.29 is 13.2 Å². The Bertz CT molecular complexity index is 139. The monoisotopic (exact) mass is 135 g/mol. The van der Waals surface area contributed by atoms with E-state index in [2.05, 4.69) is 0 Å². The molecule has 0 fully saturated rings. The molecule has 0 spiro atoms. The van der Waals surface area contributed by atoms with Crippen molar-refractivity contribution in [1.82, 2.24) is 0 Å². The predicted octanol–water partition coefficient (Wildman–Crippen LogP) is 2.02. The van der Waals surface area contributed by atoms with Gasteiger partial charge in [0.25, 0.3) is 0 Å². The Hall–Kier alpha value is -0.980. The van der Waals surface area contributed by atoms with E-state index in [0.717, 1.165) is 12.2 Å². The summed E-state index contributed by atoms with van der Waals surface area (Å²) in [5.74, 6) is 0. The van der Waals surface area contributed by atoms with Crippen LogP contribution in [0.2, 0.25) is 0 Å². The summed E-state index contributed by atoms with van der Waals surface area (Å²) >= 11 is 0. The van der Waals surface area contributed by atoms with Crippen LogP contribution in [-0.2, 0) is 0 Å². The highest BCUT2D eigenvalue weighted by atomic mass is 19.4. The summed E-state index contributed by atoms with van der Waals surface area (Å²) in [4.78, 5) is 0. The minimum Gasteiger partial charge on any atom is -0.193 e. The summed E-state index contributed by atoms with van der Waals surface area (Å²) in [6, 6.07) is 1.46. The number of hydrogen-bond donors (Lipinski definition) is 0. The quantitative estimate of drug-likeness (QED) is 0.504. The summed E-state index contributed by atoms with van der Waals surface area (Å²) in [6.07, 6.45) is -3.62. The van der Waals surface area contributed by atoms with Crippen LogP contribution in [0.25, 0.3) is 0 Å². The van der Waals surface area contributed by atoms with Crippen molar-refractivity contribution >= 4 is 0 Å². The maximum atomic E-state index is 11.2. The van der Waals surface area contributed by atoms with Gasteiger partial charge in [0.05, 0.1) is 12.5 Å². The predicted molar refractivity (Wildman–Crippen MR) is 25.4 cm³/mol. The lowest BCUT2D eigenvalue weighted by molar-refractivity contribution is -0.125. The van der Waals surface area contributed by atoms with Crippen LogP contribution < -0.4 is 0 Å². The van der Waals surface area contributed by atoms with E-state index < -0.39 is 12.6 Å². The Morgan fingerprint density at radius 2 is 2.00 bits per heavy atom. The molecule has 0 rings (SSSR count). The number of hydrogen-bond acceptors (Lipinski definition) is 1. The topological polar surface area (TPSA) is 23.8 Å².